The first-order chi connectivity index (χ1) is 14.4. The molecule has 1 N–H and O–H groups in total. The van der Waals surface area contributed by atoms with E-state index in [4.69, 9.17) is 20.0 Å². The van der Waals surface area contributed by atoms with Gasteiger partial charge in [0.15, 0.2) is 0 Å². The van der Waals surface area contributed by atoms with Crippen LogP contribution in [0.4, 0.5) is 11.6 Å². The van der Waals surface area contributed by atoms with Crippen molar-refractivity contribution in [1.82, 2.24) is 9.97 Å². The fourth-order valence-electron chi connectivity index (χ4n) is 3.48. The van der Waals surface area contributed by atoms with Gasteiger partial charge in [-0.2, -0.15) is 10.2 Å². The van der Waals surface area contributed by atoms with Gasteiger partial charge in [0.05, 0.1) is 22.2 Å². The SMILES string of the molecule is CC1=CCSc2c(Oc3c(C)cc(C)cc3C)nc(Nc3ccc(C#N)cc3)nc21. The van der Waals surface area contributed by atoms with Gasteiger partial charge in [0.1, 0.15) is 5.75 Å². The zero-order chi connectivity index (χ0) is 21.3. The molecule has 5 nitrogen and oxygen atoms in total. The molecule has 3 aromatic rings. The van der Waals surface area contributed by atoms with Crippen LogP contribution in [0.5, 0.6) is 11.6 Å². The second kappa shape index (κ2) is 8.21. The van der Waals surface area contributed by atoms with E-state index in [1.54, 1.807) is 23.9 Å². The molecule has 0 aliphatic carbocycles. The lowest BCUT2D eigenvalue weighted by Crippen LogP contribution is -2.07. The first kappa shape index (κ1) is 20.0. The van der Waals surface area contributed by atoms with Gasteiger partial charge >= 0.3 is 0 Å². The van der Waals surface area contributed by atoms with E-state index in [1.165, 1.54) is 5.56 Å². The number of aryl methyl sites for hydroxylation is 3. The fraction of sp³-hybridized carbons (Fsp3) is 0.208. The van der Waals surface area contributed by atoms with E-state index in [2.05, 4.69) is 57.3 Å². The number of hydrogen-bond donors (Lipinski definition) is 1. The topological polar surface area (TPSA) is 70.8 Å². The summed E-state index contributed by atoms with van der Waals surface area (Å²) < 4.78 is 6.37. The third-order valence-corrected chi connectivity index (χ3v) is 5.89. The van der Waals surface area contributed by atoms with Crippen LogP contribution in [0, 0.1) is 32.1 Å². The van der Waals surface area contributed by atoms with Crippen molar-refractivity contribution in [2.24, 2.45) is 0 Å². The molecule has 2 aromatic carbocycles. The monoisotopic (exact) mass is 414 g/mol. The minimum atomic E-state index is 0.464. The second-order valence-electron chi connectivity index (χ2n) is 7.37. The molecule has 0 spiro atoms. The number of thioether (sulfide) groups is 1. The van der Waals surface area contributed by atoms with Gasteiger partial charge in [0.2, 0.25) is 11.8 Å². The van der Waals surface area contributed by atoms with Gasteiger partial charge in [-0.1, -0.05) is 23.8 Å². The number of benzene rings is 2. The molecule has 0 radical (unpaired) electrons. The summed E-state index contributed by atoms with van der Waals surface area (Å²) in [7, 11) is 0. The molecule has 4 rings (SSSR count). The Labute approximate surface area is 180 Å². The molecule has 0 saturated heterocycles. The Bertz CT molecular complexity index is 1170. The number of aromatic nitrogens is 2. The highest BCUT2D eigenvalue weighted by Gasteiger charge is 2.22. The number of anilines is 2. The van der Waals surface area contributed by atoms with E-state index in [0.717, 1.165) is 44.5 Å². The molecular weight excluding hydrogens is 392 g/mol. The minimum absolute atomic E-state index is 0.464. The number of nitrogens with zero attached hydrogens (tertiary/aromatic N) is 3. The molecule has 0 saturated carbocycles. The summed E-state index contributed by atoms with van der Waals surface area (Å²) in [6.07, 6.45) is 2.16. The number of hydrogen-bond acceptors (Lipinski definition) is 6. The van der Waals surface area contributed by atoms with Crippen LogP contribution in [0.1, 0.15) is 34.9 Å². The first-order valence-corrected chi connectivity index (χ1v) is 10.7. The van der Waals surface area contributed by atoms with Crippen molar-refractivity contribution in [3.63, 3.8) is 0 Å². The van der Waals surface area contributed by atoms with Crippen LogP contribution in [0.2, 0.25) is 0 Å². The van der Waals surface area contributed by atoms with Crippen molar-refractivity contribution < 1.29 is 4.74 Å². The van der Waals surface area contributed by atoms with Crippen LogP contribution in [-0.2, 0) is 0 Å². The van der Waals surface area contributed by atoms with Crippen molar-refractivity contribution in [3.05, 3.63) is 70.4 Å². The molecule has 1 aliphatic heterocycles. The number of nitriles is 1. The third-order valence-electron chi connectivity index (χ3n) is 4.90. The molecule has 0 bridgehead atoms. The Morgan fingerprint density at radius 3 is 2.40 bits per heavy atom. The van der Waals surface area contributed by atoms with Crippen LogP contribution < -0.4 is 10.1 Å². The maximum absolute atomic E-state index is 9.00. The van der Waals surface area contributed by atoms with E-state index >= 15 is 0 Å². The largest absolute Gasteiger partial charge is 0.437 e. The van der Waals surface area contributed by atoms with Crippen molar-refractivity contribution in [2.75, 3.05) is 11.1 Å². The molecule has 0 fully saturated rings. The highest BCUT2D eigenvalue weighted by atomic mass is 32.2. The summed E-state index contributed by atoms with van der Waals surface area (Å²) in [5, 5.41) is 12.2. The summed E-state index contributed by atoms with van der Waals surface area (Å²) in [5.74, 6) is 2.72. The van der Waals surface area contributed by atoms with Crippen molar-refractivity contribution in [1.29, 1.82) is 5.26 Å². The second-order valence-corrected chi connectivity index (χ2v) is 8.40. The number of allylic oxidation sites excluding steroid dienone is 1. The van der Waals surface area contributed by atoms with Crippen molar-refractivity contribution in [3.8, 4) is 17.7 Å². The first-order valence-electron chi connectivity index (χ1n) is 9.69. The summed E-state index contributed by atoms with van der Waals surface area (Å²) in [6, 6.07) is 13.6. The predicted molar refractivity (Wildman–Crippen MR) is 122 cm³/mol. The minimum Gasteiger partial charge on any atom is -0.437 e. The maximum Gasteiger partial charge on any atom is 0.238 e. The van der Waals surface area contributed by atoms with Gasteiger partial charge in [0.25, 0.3) is 0 Å². The van der Waals surface area contributed by atoms with Crippen LogP contribution in [-0.4, -0.2) is 15.7 Å². The van der Waals surface area contributed by atoms with Crippen LogP contribution in [0.25, 0.3) is 5.57 Å². The average molecular weight is 415 g/mol. The number of rotatable bonds is 4. The van der Waals surface area contributed by atoms with Crippen LogP contribution in [0.15, 0.2) is 47.4 Å². The Morgan fingerprint density at radius 1 is 1.03 bits per heavy atom. The lowest BCUT2D eigenvalue weighted by molar-refractivity contribution is 0.442. The average Bonchev–Trinajstić information content (AvgIpc) is 2.72. The lowest BCUT2D eigenvalue weighted by atomic mass is 10.1. The maximum atomic E-state index is 9.00. The smallest absolute Gasteiger partial charge is 0.238 e. The van der Waals surface area contributed by atoms with Crippen molar-refractivity contribution >= 4 is 29.0 Å². The van der Waals surface area contributed by atoms with E-state index in [0.29, 0.717) is 17.4 Å². The molecule has 150 valence electrons. The van der Waals surface area contributed by atoms with E-state index < -0.39 is 0 Å². The molecule has 0 amide bonds. The molecule has 1 aliphatic rings. The van der Waals surface area contributed by atoms with Gasteiger partial charge in [0, 0.05) is 11.4 Å². The van der Waals surface area contributed by atoms with Crippen LogP contribution >= 0.6 is 11.8 Å². The van der Waals surface area contributed by atoms with Gasteiger partial charge in [-0.3, -0.25) is 0 Å². The quantitative estimate of drug-likeness (QED) is 0.539. The molecule has 2 heterocycles. The van der Waals surface area contributed by atoms with Gasteiger partial charge in [-0.15, -0.1) is 11.8 Å². The fourth-order valence-corrected chi connectivity index (χ4v) is 4.53. The molecule has 30 heavy (non-hydrogen) atoms. The highest BCUT2D eigenvalue weighted by molar-refractivity contribution is 7.99. The number of ether oxygens (including phenoxy) is 1. The molecule has 1 aromatic heterocycles. The van der Waals surface area contributed by atoms with Gasteiger partial charge < -0.3 is 10.1 Å². The van der Waals surface area contributed by atoms with E-state index in [-0.39, 0.29) is 0 Å². The van der Waals surface area contributed by atoms with Gasteiger partial charge in [-0.25, -0.2) is 4.98 Å². The number of fused-ring (bicyclic) bond motifs is 1. The van der Waals surface area contributed by atoms with Gasteiger partial charge in [-0.05, 0) is 68.7 Å². The summed E-state index contributed by atoms with van der Waals surface area (Å²) in [5.41, 5.74) is 6.78. The van der Waals surface area contributed by atoms with Crippen LogP contribution in [0.3, 0.4) is 0 Å². The Kier molecular flexibility index (Phi) is 5.47. The van der Waals surface area contributed by atoms with E-state index in [1.807, 2.05) is 12.1 Å². The van der Waals surface area contributed by atoms with Crippen molar-refractivity contribution in [2.45, 2.75) is 32.6 Å². The Balaban J connectivity index is 1.76. The standard InChI is InChI=1S/C24H22N4OS/c1-14-11-16(3)21(17(4)12-14)29-23-22-20(15(2)9-10-30-22)27-24(28-23)26-19-7-5-18(13-25)6-8-19/h5-9,11-12H,10H2,1-4H3,(H,26,27,28). The Morgan fingerprint density at radius 2 is 1.73 bits per heavy atom. The van der Waals surface area contributed by atoms with E-state index in [9.17, 15) is 0 Å². The normalized spacial score (nSPS) is 12.6. The molecule has 0 unspecified atom stereocenters. The zero-order valence-corrected chi connectivity index (χ0v) is 18.2. The summed E-state index contributed by atoms with van der Waals surface area (Å²) >= 11 is 1.68. The predicted octanol–water partition coefficient (Wildman–Crippen LogP) is 6.32. The summed E-state index contributed by atoms with van der Waals surface area (Å²) in [4.78, 5) is 10.4. The molecule has 6 heteroatoms. The third kappa shape index (κ3) is 4.03. The zero-order valence-electron chi connectivity index (χ0n) is 17.4. The molecular formula is C24H22N4OS. The molecule has 0 atom stereocenters. The lowest BCUT2D eigenvalue weighted by Gasteiger charge is -2.20. The Hall–Kier alpha value is -3.30. The number of nitrogens with one attached hydrogen (secondary N) is 1. The summed E-state index contributed by atoms with van der Waals surface area (Å²) in [6.45, 7) is 8.25. The highest BCUT2D eigenvalue weighted by Crippen LogP contribution is 2.41.